The summed E-state index contributed by atoms with van der Waals surface area (Å²) in [5.41, 5.74) is 1.91. The number of hydrogen-bond acceptors (Lipinski definition) is 4. The third-order valence-corrected chi connectivity index (χ3v) is 2.88. The quantitative estimate of drug-likeness (QED) is 0.929. The van der Waals surface area contributed by atoms with Gasteiger partial charge in [0.1, 0.15) is 5.69 Å². The molecule has 1 amide bonds. The van der Waals surface area contributed by atoms with E-state index < -0.39 is 0 Å². The van der Waals surface area contributed by atoms with Gasteiger partial charge in [0.05, 0.1) is 14.2 Å². The van der Waals surface area contributed by atoms with Gasteiger partial charge < -0.3 is 14.8 Å². The fourth-order valence-corrected chi connectivity index (χ4v) is 1.80. The Morgan fingerprint density at radius 1 is 1.15 bits per heavy atom. The largest absolute Gasteiger partial charge is 0.493 e. The summed E-state index contributed by atoms with van der Waals surface area (Å²) in [5, 5.41) is 2.82. The minimum absolute atomic E-state index is 0.263. The van der Waals surface area contributed by atoms with E-state index >= 15 is 0 Å². The third-order valence-electron chi connectivity index (χ3n) is 2.88. The molecule has 1 aromatic heterocycles. The van der Waals surface area contributed by atoms with Crippen molar-refractivity contribution in [1.29, 1.82) is 0 Å². The molecule has 0 spiro atoms. The number of rotatable bonds is 4. The molecule has 2 aromatic rings. The molecule has 0 aliphatic rings. The van der Waals surface area contributed by atoms with Crippen LogP contribution in [0.5, 0.6) is 11.5 Å². The number of methoxy groups -OCH3 is 2. The van der Waals surface area contributed by atoms with E-state index in [1.165, 1.54) is 0 Å². The van der Waals surface area contributed by atoms with Crippen molar-refractivity contribution in [1.82, 2.24) is 4.98 Å². The Balaban J connectivity index is 2.28. The van der Waals surface area contributed by atoms with E-state index in [0.29, 0.717) is 22.9 Å². The molecule has 0 atom stereocenters. The normalized spacial score (nSPS) is 9.95. The Labute approximate surface area is 117 Å². The molecule has 1 aromatic carbocycles. The van der Waals surface area contributed by atoms with Crippen LogP contribution < -0.4 is 14.8 Å². The summed E-state index contributed by atoms with van der Waals surface area (Å²) in [5.74, 6) is 0.927. The van der Waals surface area contributed by atoms with Crippen molar-refractivity contribution in [3.63, 3.8) is 0 Å². The number of amides is 1. The van der Waals surface area contributed by atoms with Gasteiger partial charge in [-0.1, -0.05) is 6.07 Å². The molecule has 1 heterocycles. The highest BCUT2D eigenvalue weighted by atomic mass is 16.5. The number of carbonyl (C=O) groups excluding carboxylic acids is 1. The maximum Gasteiger partial charge on any atom is 0.274 e. The molecule has 104 valence electrons. The van der Waals surface area contributed by atoms with Crippen molar-refractivity contribution in [3.8, 4) is 11.5 Å². The summed E-state index contributed by atoms with van der Waals surface area (Å²) in [7, 11) is 3.13. The maximum atomic E-state index is 12.1. The monoisotopic (exact) mass is 272 g/mol. The molecule has 1 N–H and O–H groups in total. The molecule has 0 saturated carbocycles. The highest BCUT2D eigenvalue weighted by Crippen LogP contribution is 2.32. The maximum absolute atomic E-state index is 12.1. The predicted octanol–water partition coefficient (Wildman–Crippen LogP) is 2.66. The Kier molecular flexibility index (Phi) is 4.20. The first-order valence-corrected chi connectivity index (χ1v) is 6.10. The van der Waals surface area contributed by atoms with Crippen LogP contribution in [0.3, 0.4) is 0 Å². The van der Waals surface area contributed by atoms with Crippen LogP contribution in [0.1, 0.15) is 16.1 Å². The Morgan fingerprint density at radius 3 is 2.45 bits per heavy atom. The van der Waals surface area contributed by atoms with Gasteiger partial charge in [0, 0.05) is 18.0 Å². The number of hydrogen-bond donors (Lipinski definition) is 1. The van der Waals surface area contributed by atoms with Crippen molar-refractivity contribution in [2.45, 2.75) is 6.92 Å². The summed E-state index contributed by atoms with van der Waals surface area (Å²) in [4.78, 5) is 16.1. The zero-order chi connectivity index (χ0) is 14.5. The molecule has 0 aliphatic heterocycles. The van der Waals surface area contributed by atoms with Crippen molar-refractivity contribution < 1.29 is 14.3 Å². The van der Waals surface area contributed by atoms with E-state index in [2.05, 4.69) is 10.3 Å². The molecule has 0 unspecified atom stereocenters. The predicted molar refractivity (Wildman–Crippen MR) is 76.5 cm³/mol. The first-order chi connectivity index (χ1) is 9.65. The summed E-state index contributed by atoms with van der Waals surface area (Å²) >= 11 is 0. The molecule has 5 nitrogen and oxygen atoms in total. The third kappa shape index (κ3) is 2.88. The zero-order valence-electron chi connectivity index (χ0n) is 11.6. The van der Waals surface area contributed by atoms with Gasteiger partial charge in [-0.05, 0) is 30.7 Å². The first-order valence-electron chi connectivity index (χ1n) is 6.10. The van der Waals surface area contributed by atoms with E-state index in [1.54, 1.807) is 44.7 Å². The van der Waals surface area contributed by atoms with Gasteiger partial charge in [-0.25, -0.2) is 0 Å². The molecule has 5 heteroatoms. The number of aromatic nitrogens is 1. The number of pyridine rings is 1. The van der Waals surface area contributed by atoms with Crippen molar-refractivity contribution in [3.05, 3.63) is 47.8 Å². The van der Waals surface area contributed by atoms with Gasteiger partial charge in [-0.2, -0.15) is 0 Å². The van der Waals surface area contributed by atoms with Crippen LogP contribution in [0.25, 0.3) is 0 Å². The lowest BCUT2D eigenvalue weighted by Crippen LogP contribution is -2.14. The van der Waals surface area contributed by atoms with Crippen molar-refractivity contribution in [2.24, 2.45) is 0 Å². The van der Waals surface area contributed by atoms with E-state index in [-0.39, 0.29) is 5.91 Å². The second-order valence-corrected chi connectivity index (χ2v) is 4.19. The molecule has 0 saturated heterocycles. The number of ether oxygens (including phenoxy) is 2. The lowest BCUT2D eigenvalue weighted by molar-refractivity contribution is 0.102. The minimum atomic E-state index is -0.263. The molecule has 0 bridgehead atoms. The summed E-state index contributed by atoms with van der Waals surface area (Å²) in [6.07, 6.45) is 1.58. The van der Waals surface area contributed by atoms with Gasteiger partial charge in [0.15, 0.2) is 11.5 Å². The topological polar surface area (TPSA) is 60.5 Å². The van der Waals surface area contributed by atoms with Crippen LogP contribution in [0, 0.1) is 6.92 Å². The van der Waals surface area contributed by atoms with E-state index in [4.69, 9.17) is 9.47 Å². The van der Waals surface area contributed by atoms with Crippen LogP contribution in [0.2, 0.25) is 0 Å². The standard InChI is InChI=1S/C15H16N2O3/c1-10-8-13(19-2)14(20-3)9-12(10)17-15(18)11-6-4-5-7-16-11/h4-9H,1-3H3,(H,17,18). The SMILES string of the molecule is COc1cc(C)c(NC(=O)c2ccccn2)cc1OC. The summed E-state index contributed by atoms with van der Waals surface area (Å²) < 4.78 is 10.4. The fraction of sp³-hybridized carbons (Fsp3) is 0.200. The van der Waals surface area contributed by atoms with E-state index in [1.807, 2.05) is 13.0 Å². The molecule has 0 aliphatic carbocycles. The second-order valence-electron chi connectivity index (χ2n) is 4.19. The van der Waals surface area contributed by atoms with Crippen LogP contribution in [0.4, 0.5) is 5.69 Å². The van der Waals surface area contributed by atoms with Crippen LogP contribution >= 0.6 is 0 Å². The first kappa shape index (κ1) is 13.9. The fourth-order valence-electron chi connectivity index (χ4n) is 1.80. The minimum Gasteiger partial charge on any atom is -0.493 e. The van der Waals surface area contributed by atoms with Crippen LogP contribution in [-0.2, 0) is 0 Å². The number of anilines is 1. The molecule has 20 heavy (non-hydrogen) atoms. The Hall–Kier alpha value is -2.56. The smallest absolute Gasteiger partial charge is 0.274 e. The van der Waals surface area contributed by atoms with Gasteiger partial charge in [-0.3, -0.25) is 9.78 Å². The number of nitrogens with one attached hydrogen (secondary N) is 1. The average molecular weight is 272 g/mol. The molecular weight excluding hydrogens is 256 g/mol. The Morgan fingerprint density at radius 2 is 1.85 bits per heavy atom. The van der Waals surface area contributed by atoms with Crippen LogP contribution in [0.15, 0.2) is 36.5 Å². The van der Waals surface area contributed by atoms with E-state index in [9.17, 15) is 4.79 Å². The lowest BCUT2D eigenvalue weighted by Gasteiger charge is -2.13. The number of carbonyl (C=O) groups is 1. The summed E-state index contributed by atoms with van der Waals surface area (Å²) in [6.45, 7) is 1.88. The lowest BCUT2D eigenvalue weighted by atomic mass is 10.1. The molecule has 0 fully saturated rings. The van der Waals surface area contributed by atoms with Gasteiger partial charge in [-0.15, -0.1) is 0 Å². The zero-order valence-corrected chi connectivity index (χ0v) is 11.6. The van der Waals surface area contributed by atoms with Crippen molar-refractivity contribution >= 4 is 11.6 Å². The second kappa shape index (κ2) is 6.06. The van der Waals surface area contributed by atoms with Gasteiger partial charge in [0.25, 0.3) is 5.91 Å². The van der Waals surface area contributed by atoms with E-state index in [0.717, 1.165) is 5.56 Å². The Bertz CT molecular complexity index is 612. The van der Waals surface area contributed by atoms with Crippen LogP contribution in [-0.4, -0.2) is 25.1 Å². The van der Waals surface area contributed by atoms with Crippen molar-refractivity contribution in [2.75, 3.05) is 19.5 Å². The molecule has 2 rings (SSSR count). The summed E-state index contributed by atoms with van der Waals surface area (Å²) in [6, 6.07) is 8.73. The number of nitrogens with zero attached hydrogens (tertiary/aromatic N) is 1. The highest BCUT2D eigenvalue weighted by molar-refractivity contribution is 6.03. The molecular formula is C15H16N2O3. The number of aryl methyl sites for hydroxylation is 1. The van der Waals surface area contributed by atoms with Gasteiger partial charge >= 0.3 is 0 Å². The molecule has 0 radical (unpaired) electrons. The number of benzene rings is 1. The highest BCUT2D eigenvalue weighted by Gasteiger charge is 2.12. The average Bonchev–Trinajstić information content (AvgIpc) is 2.49. The van der Waals surface area contributed by atoms with Gasteiger partial charge in [0.2, 0.25) is 0 Å².